The van der Waals surface area contributed by atoms with Crippen LogP contribution in [0.3, 0.4) is 0 Å². The second-order valence-corrected chi connectivity index (χ2v) is 26.4. The molecule has 5 N–H and O–H groups in total. The second-order valence-electron chi connectivity index (χ2n) is 26.4. The molecule has 22 heteroatoms. The van der Waals surface area contributed by atoms with Gasteiger partial charge < -0.3 is 60.1 Å². The van der Waals surface area contributed by atoms with Crippen LogP contribution in [-0.2, 0) is 57.3 Å². The minimum Gasteiger partial charge on any atom is -0.483 e. The van der Waals surface area contributed by atoms with Gasteiger partial charge in [-0.2, -0.15) is 0 Å². The van der Waals surface area contributed by atoms with Crippen molar-refractivity contribution in [3.05, 3.63) is 173 Å². The van der Waals surface area contributed by atoms with Crippen LogP contribution in [0.15, 0.2) is 140 Å². The summed E-state index contributed by atoms with van der Waals surface area (Å²) in [5, 5.41) is 15.2. The van der Waals surface area contributed by atoms with Gasteiger partial charge in [-0.25, -0.2) is 0 Å². The third-order valence-corrected chi connectivity index (χ3v) is 19.4. The lowest BCUT2D eigenvalue weighted by molar-refractivity contribution is -0.151. The van der Waals surface area contributed by atoms with E-state index in [9.17, 15) is 43.2 Å². The predicted octanol–water partition coefficient (Wildman–Crippen LogP) is 5.80. The summed E-state index contributed by atoms with van der Waals surface area (Å²) < 4.78 is 27.8. The van der Waals surface area contributed by atoms with E-state index in [1.807, 2.05) is 121 Å². The quantitative estimate of drug-likeness (QED) is 0.0237. The summed E-state index contributed by atoms with van der Waals surface area (Å²) in [6.45, 7) is 3.12. The Morgan fingerprint density at radius 3 is 1.25 bits per heavy atom. The number of esters is 1. The maximum Gasteiger partial charge on any atom is 0.309 e. The van der Waals surface area contributed by atoms with Crippen LogP contribution < -0.4 is 31.3 Å². The van der Waals surface area contributed by atoms with Crippen LogP contribution in [0.5, 0.6) is 5.75 Å². The summed E-state index contributed by atoms with van der Waals surface area (Å²) in [4.78, 5) is 142. The second kappa shape index (κ2) is 32.7. The molecule has 5 aromatic rings. The number of Topliss-reactive ketones (excluding diaryl/α,β-unsaturated/α-hetero) is 2. The van der Waals surface area contributed by atoms with Gasteiger partial charge in [0.05, 0.1) is 81.3 Å². The number of carbonyl (C=O) groups is 10. The Morgan fingerprint density at radius 2 is 0.856 bits per heavy atom. The number of ether oxygens (including phenoxy) is 5. The first kappa shape index (κ1) is 69.2. The van der Waals surface area contributed by atoms with E-state index in [2.05, 4.69) is 26.6 Å². The highest BCUT2D eigenvalue weighted by Crippen LogP contribution is 2.45. The van der Waals surface area contributed by atoms with Crippen LogP contribution in [0.2, 0.25) is 0 Å². The van der Waals surface area contributed by atoms with Crippen molar-refractivity contribution < 1.29 is 71.6 Å². The Hall–Kier alpha value is -9.12. The Bertz CT molecular complexity index is 3470. The van der Waals surface area contributed by atoms with Crippen molar-refractivity contribution in [1.82, 2.24) is 36.4 Å². The van der Waals surface area contributed by atoms with E-state index in [1.54, 1.807) is 6.92 Å². The number of ketones is 2. The zero-order valence-electron chi connectivity index (χ0n) is 54.9. The van der Waals surface area contributed by atoms with Gasteiger partial charge >= 0.3 is 5.97 Å². The molecular weight excluding hydrogens is 1240 g/mol. The Balaban J connectivity index is 0.770. The molecule has 0 spiro atoms. The lowest BCUT2D eigenvalue weighted by atomic mass is 9.94. The van der Waals surface area contributed by atoms with E-state index >= 15 is 4.79 Å². The topological polar surface area (TPSA) is 283 Å². The van der Waals surface area contributed by atoms with Crippen molar-refractivity contribution in [1.29, 1.82) is 0 Å². The van der Waals surface area contributed by atoms with Crippen LogP contribution in [0, 0.1) is 29.6 Å². The molecule has 0 radical (unpaired) electrons. The Morgan fingerprint density at radius 1 is 0.474 bits per heavy atom. The molecule has 6 fully saturated rings. The van der Waals surface area contributed by atoms with Crippen molar-refractivity contribution in [2.75, 3.05) is 85.6 Å². The molecule has 97 heavy (non-hydrogen) atoms. The summed E-state index contributed by atoms with van der Waals surface area (Å²) in [6, 6.07) is 42.9. The van der Waals surface area contributed by atoms with Crippen molar-refractivity contribution >= 4 is 58.9 Å². The lowest BCUT2D eigenvalue weighted by Crippen LogP contribution is -2.43. The molecule has 6 aliphatic rings. The van der Waals surface area contributed by atoms with Crippen molar-refractivity contribution in [3.8, 4) is 5.75 Å². The molecule has 4 saturated carbocycles. The van der Waals surface area contributed by atoms with Crippen molar-refractivity contribution in [2.24, 2.45) is 29.6 Å². The number of nitrogens with zero attached hydrogens (tertiary/aromatic N) is 2. The molecule has 13 atom stereocenters. The van der Waals surface area contributed by atoms with Crippen molar-refractivity contribution in [3.63, 3.8) is 0 Å². The molecule has 2 heterocycles. The van der Waals surface area contributed by atoms with E-state index in [4.69, 9.17) is 23.7 Å². The average molecular weight is 1330 g/mol. The van der Waals surface area contributed by atoms with Gasteiger partial charge in [-0.3, -0.25) is 47.9 Å². The number of likely N-dealkylation sites (tertiary alicyclic amines) is 2. The molecule has 0 aromatic heterocycles. The predicted molar refractivity (Wildman–Crippen MR) is 356 cm³/mol. The fraction of sp³-hybridized carbons (Fsp3) is 0.467. The lowest BCUT2D eigenvalue weighted by Gasteiger charge is -2.21. The highest BCUT2D eigenvalue weighted by molar-refractivity contribution is 6.02. The molecule has 7 amide bonds. The number of amides is 7. The Labute approximate surface area is 564 Å². The zero-order chi connectivity index (χ0) is 68.0. The molecule has 11 rings (SSSR count). The van der Waals surface area contributed by atoms with Crippen LogP contribution in [0.4, 0.5) is 0 Å². The molecular formula is C75H87N7O15. The number of rotatable bonds is 35. The largest absolute Gasteiger partial charge is 0.483 e. The van der Waals surface area contributed by atoms with Gasteiger partial charge in [-0.05, 0) is 79.5 Å². The summed E-state index contributed by atoms with van der Waals surface area (Å²) in [5.41, 5.74) is 4.28. The fourth-order valence-electron chi connectivity index (χ4n) is 13.4. The monoisotopic (exact) mass is 1330 g/mol. The van der Waals surface area contributed by atoms with Crippen LogP contribution in [0.25, 0.3) is 0 Å². The first-order valence-corrected chi connectivity index (χ1v) is 34.0. The number of carbonyl (C=O) groups excluding carboxylic acids is 10. The van der Waals surface area contributed by atoms with Crippen LogP contribution in [-0.4, -0.2) is 178 Å². The van der Waals surface area contributed by atoms with E-state index in [-0.39, 0.29) is 160 Å². The van der Waals surface area contributed by atoms with Gasteiger partial charge in [0.2, 0.25) is 23.6 Å². The SMILES string of the molecule is CC[C@H](CC(=O)CNC(=O)COc1cc(C(=O)N2C[C@@H](C(=O)N[C@H]3C[C@@H]3c3ccccc3)[C@H](C(=O)N[C@H]3C[C@@H]3c3ccccc3)C2)ccc1C(=O)N1C[C@@H](C(=O)N[C@H]2C[C@@H]2c2ccccc2)[C@H](C(=O)N[C@H]2C[C@@H]2c2ccccc2)C1)C(=O)OCCOCCOCCOCCC(C)=O. The first-order valence-electron chi connectivity index (χ1n) is 34.0. The van der Waals surface area contributed by atoms with Crippen molar-refractivity contribution in [2.45, 2.75) is 107 Å². The highest BCUT2D eigenvalue weighted by Gasteiger charge is 2.51. The molecule has 5 aromatic carbocycles. The summed E-state index contributed by atoms with van der Waals surface area (Å²) in [6.07, 6.45) is 3.28. The minimum atomic E-state index is -0.940. The van der Waals surface area contributed by atoms with Crippen LogP contribution in [0.1, 0.15) is 125 Å². The average Bonchev–Trinajstić information content (AvgIpc) is 1.64. The van der Waals surface area contributed by atoms with E-state index in [0.29, 0.717) is 39.1 Å². The van der Waals surface area contributed by atoms with Gasteiger partial charge in [0, 0.05) is 92.4 Å². The van der Waals surface area contributed by atoms with Gasteiger partial charge in [-0.1, -0.05) is 128 Å². The van der Waals surface area contributed by atoms with E-state index in [1.165, 1.54) is 34.9 Å². The van der Waals surface area contributed by atoms with Gasteiger partial charge in [0.1, 0.15) is 18.1 Å². The zero-order valence-corrected chi connectivity index (χ0v) is 54.9. The number of nitrogens with one attached hydrogen (secondary N) is 5. The molecule has 2 saturated heterocycles. The van der Waals surface area contributed by atoms with Gasteiger partial charge in [-0.15, -0.1) is 0 Å². The van der Waals surface area contributed by atoms with E-state index < -0.39 is 72.2 Å². The molecule has 4 aliphatic carbocycles. The van der Waals surface area contributed by atoms with Gasteiger partial charge in [0.25, 0.3) is 17.7 Å². The highest BCUT2D eigenvalue weighted by atomic mass is 16.6. The van der Waals surface area contributed by atoms with Crippen LogP contribution >= 0.6 is 0 Å². The Kier molecular flexibility index (Phi) is 23.4. The molecule has 0 bridgehead atoms. The number of benzene rings is 5. The first-order chi connectivity index (χ1) is 47.1. The normalized spacial score (nSPS) is 24.4. The number of hydrogen-bond donors (Lipinski definition) is 5. The maximum atomic E-state index is 15.2. The summed E-state index contributed by atoms with van der Waals surface area (Å²) in [7, 11) is 0. The third kappa shape index (κ3) is 18.7. The molecule has 0 unspecified atom stereocenters. The smallest absolute Gasteiger partial charge is 0.309 e. The van der Waals surface area contributed by atoms with Gasteiger partial charge in [0.15, 0.2) is 12.4 Å². The maximum absolute atomic E-state index is 15.2. The van der Waals surface area contributed by atoms with E-state index in [0.717, 1.165) is 35.1 Å². The summed E-state index contributed by atoms with van der Waals surface area (Å²) >= 11 is 0. The number of hydrogen-bond acceptors (Lipinski definition) is 15. The molecule has 2 aliphatic heterocycles. The minimum absolute atomic E-state index is 0.0176. The third-order valence-electron chi connectivity index (χ3n) is 19.4. The standard InChI is InChI=1S/C75H87N7O15/c1-3-47(75(92)96-33-32-95-31-30-94-29-28-93-27-26-46(2)83)34-53(84)40-76-68(85)45-97-67-35-52(73(90)81-41-59(69(86)77-63-36-55(63)48-16-8-4-9-17-48)60(42-81)70(87)78-64-37-56(64)49-18-10-5-11-19-49)24-25-54(67)74(91)82-43-61(71(88)79-65-38-57(65)50-20-12-6-13-21-50)62(44-82)72(89)80-66-39-58(66)51-22-14-7-15-23-51/h4-25,35,47,55-66H,3,26-34,36-45H2,1-2H3,(H,76,85)(H,77,86)(H,78,87)(H,79,88)(H,80,89)/t47-,55-,56-,57-,58-,59-,60-,61-,62-,63+,64+,65+,66+/m1/s1. The molecule has 512 valence electrons. The fourth-order valence-corrected chi connectivity index (χ4v) is 13.4. The summed E-state index contributed by atoms with van der Waals surface area (Å²) in [5.74, 6) is -8.71. The molecule has 22 nitrogen and oxygen atoms in total.